The maximum absolute atomic E-state index is 11.0. The lowest BCUT2D eigenvalue weighted by atomic mass is 10.1. The van der Waals surface area contributed by atoms with Gasteiger partial charge in [0.05, 0.1) is 16.7 Å². The van der Waals surface area contributed by atoms with Crippen molar-refractivity contribution < 1.29 is 14.8 Å². The molecule has 7 nitrogen and oxygen atoms in total. The SMILES string of the molecule is CC(CC(=O)O)Nc1ccc([N+](=O)[O-])c2ccncc12. The molecule has 0 radical (unpaired) electrons. The molecule has 0 aliphatic carbocycles. The van der Waals surface area contributed by atoms with Crippen molar-refractivity contribution in [2.45, 2.75) is 19.4 Å². The summed E-state index contributed by atoms with van der Waals surface area (Å²) in [7, 11) is 0. The minimum atomic E-state index is -0.908. The molecule has 1 aromatic heterocycles. The lowest BCUT2D eigenvalue weighted by Gasteiger charge is -2.15. The van der Waals surface area contributed by atoms with Gasteiger partial charge in [-0.15, -0.1) is 0 Å². The number of anilines is 1. The number of nitrogens with one attached hydrogen (secondary N) is 1. The Labute approximate surface area is 114 Å². The molecule has 0 saturated heterocycles. The lowest BCUT2D eigenvalue weighted by molar-refractivity contribution is -0.383. The van der Waals surface area contributed by atoms with Gasteiger partial charge in [-0.25, -0.2) is 0 Å². The van der Waals surface area contributed by atoms with Crippen LogP contribution in [0.4, 0.5) is 11.4 Å². The van der Waals surface area contributed by atoms with Crippen molar-refractivity contribution in [2.75, 3.05) is 5.32 Å². The van der Waals surface area contributed by atoms with Gasteiger partial charge in [-0.3, -0.25) is 19.9 Å². The molecule has 0 aliphatic heterocycles. The molecule has 0 amide bonds. The fourth-order valence-corrected chi connectivity index (χ4v) is 2.04. The van der Waals surface area contributed by atoms with Gasteiger partial charge in [0.15, 0.2) is 0 Å². The van der Waals surface area contributed by atoms with E-state index in [1.54, 1.807) is 19.1 Å². The van der Waals surface area contributed by atoms with E-state index in [4.69, 9.17) is 5.11 Å². The van der Waals surface area contributed by atoms with Crippen molar-refractivity contribution in [2.24, 2.45) is 0 Å². The summed E-state index contributed by atoms with van der Waals surface area (Å²) in [6, 6.07) is 4.25. The Morgan fingerprint density at radius 3 is 2.85 bits per heavy atom. The maximum atomic E-state index is 11.0. The van der Waals surface area contributed by atoms with E-state index in [9.17, 15) is 14.9 Å². The fraction of sp³-hybridized carbons (Fsp3) is 0.231. The Hall–Kier alpha value is -2.70. The van der Waals surface area contributed by atoms with Crippen LogP contribution < -0.4 is 5.32 Å². The molecule has 0 aliphatic rings. The first-order chi connectivity index (χ1) is 9.49. The number of hydrogen-bond acceptors (Lipinski definition) is 5. The van der Waals surface area contributed by atoms with E-state index in [1.807, 2.05) is 0 Å². The van der Waals surface area contributed by atoms with Crippen LogP contribution in [-0.2, 0) is 4.79 Å². The minimum absolute atomic E-state index is 0.00108. The average molecular weight is 275 g/mol. The van der Waals surface area contributed by atoms with Crippen LogP contribution in [0.15, 0.2) is 30.6 Å². The molecule has 2 N–H and O–H groups in total. The van der Waals surface area contributed by atoms with Crippen LogP contribution in [0.5, 0.6) is 0 Å². The molecular weight excluding hydrogens is 262 g/mol. The molecule has 1 heterocycles. The van der Waals surface area contributed by atoms with Gasteiger partial charge in [-0.1, -0.05) is 0 Å². The van der Waals surface area contributed by atoms with Gasteiger partial charge in [0.1, 0.15) is 0 Å². The fourth-order valence-electron chi connectivity index (χ4n) is 2.04. The van der Waals surface area contributed by atoms with E-state index in [2.05, 4.69) is 10.3 Å². The molecular formula is C13H13N3O4. The Kier molecular flexibility index (Phi) is 3.79. The summed E-state index contributed by atoms with van der Waals surface area (Å²) in [5, 5.41) is 23.8. The van der Waals surface area contributed by atoms with Crippen molar-refractivity contribution in [1.82, 2.24) is 4.98 Å². The van der Waals surface area contributed by atoms with Crippen molar-refractivity contribution in [3.05, 3.63) is 40.7 Å². The lowest BCUT2D eigenvalue weighted by Crippen LogP contribution is -2.19. The van der Waals surface area contributed by atoms with Gasteiger partial charge in [-0.05, 0) is 19.1 Å². The summed E-state index contributed by atoms with van der Waals surface area (Å²) in [6.07, 6.45) is 2.97. The molecule has 0 bridgehead atoms. The first kappa shape index (κ1) is 13.7. The van der Waals surface area contributed by atoms with E-state index in [-0.39, 0.29) is 18.2 Å². The predicted octanol–water partition coefficient (Wildman–Crippen LogP) is 2.42. The second-order valence-corrected chi connectivity index (χ2v) is 4.45. The number of nitrogens with zero attached hydrogens (tertiary/aromatic N) is 2. The molecule has 104 valence electrons. The van der Waals surface area contributed by atoms with Gasteiger partial charge >= 0.3 is 5.97 Å². The summed E-state index contributed by atoms with van der Waals surface area (Å²) < 4.78 is 0. The molecule has 20 heavy (non-hydrogen) atoms. The summed E-state index contributed by atoms with van der Waals surface area (Å²) in [5.41, 5.74) is 0.631. The number of nitro benzene ring substituents is 1. The first-order valence-corrected chi connectivity index (χ1v) is 5.98. The zero-order chi connectivity index (χ0) is 14.7. The molecule has 7 heteroatoms. The monoisotopic (exact) mass is 275 g/mol. The summed E-state index contributed by atoms with van der Waals surface area (Å²) >= 11 is 0. The van der Waals surface area contributed by atoms with Crippen LogP contribution in [-0.4, -0.2) is 27.0 Å². The molecule has 0 saturated carbocycles. The molecule has 0 spiro atoms. The highest BCUT2D eigenvalue weighted by Gasteiger charge is 2.15. The second kappa shape index (κ2) is 5.52. The highest BCUT2D eigenvalue weighted by molar-refractivity contribution is 5.99. The highest BCUT2D eigenvalue weighted by Crippen LogP contribution is 2.31. The zero-order valence-corrected chi connectivity index (χ0v) is 10.7. The third-order valence-corrected chi connectivity index (χ3v) is 2.87. The smallest absolute Gasteiger partial charge is 0.305 e. The first-order valence-electron chi connectivity index (χ1n) is 5.98. The third kappa shape index (κ3) is 2.82. The molecule has 0 fully saturated rings. The molecule has 1 atom stereocenters. The number of rotatable bonds is 5. The standard InChI is InChI=1S/C13H13N3O4/c1-8(6-13(17)18)15-11-2-3-12(16(19)20)9-4-5-14-7-10(9)11/h2-5,7-8,15H,6H2,1H3,(H,17,18). The van der Waals surface area contributed by atoms with E-state index < -0.39 is 10.9 Å². The topological polar surface area (TPSA) is 105 Å². The Balaban J connectivity index is 2.43. The quantitative estimate of drug-likeness (QED) is 0.641. The number of pyridine rings is 1. The number of aromatic nitrogens is 1. The number of nitro groups is 1. The number of hydrogen-bond donors (Lipinski definition) is 2. The van der Waals surface area contributed by atoms with Crippen LogP contribution in [0, 0.1) is 10.1 Å². The van der Waals surface area contributed by atoms with Crippen LogP contribution in [0.1, 0.15) is 13.3 Å². The largest absolute Gasteiger partial charge is 0.481 e. The van der Waals surface area contributed by atoms with Crippen LogP contribution in [0.2, 0.25) is 0 Å². The van der Waals surface area contributed by atoms with Crippen molar-refractivity contribution in [3.8, 4) is 0 Å². The van der Waals surface area contributed by atoms with Gasteiger partial charge in [0, 0.05) is 35.6 Å². The number of carboxylic acid groups (broad SMARTS) is 1. The molecule has 2 rings (SSSR count). The van der Waals surface area contributed by atoms with E-state index >= 15 is 0 Å². The van der Waals surface area contributed by atoms with Gasteiger partial charge in [-0.2, -0.15) is 0 Å². The minimum Gasteiger partial charge on any atom is -0.481 e. The van der Waals surface area contributed by atoms with Gasteiger partial charge < -0.3 is 10.4 Å². The number of benzene rings is 1. The average Bonchev–Trinajstić information content (AvgIpc) is 2.37. The van der Waals surface area contributed by atoms with E-state index in [0.29, 0.717) is 16.5 Å². The number of non-ortho nitro benzene ring substituents is 1. The Bertz CT molecular complexity index is 672. The van der Waals surface area contributed by atoms with Crippen molar-refractivity contribution >= 4 is 28.1 Å². The number of fused-ring (bicyclic) bond motifs is 1. The van der Waals surface area contributed by atoms with Gasteiger partial charge in [0.25, 0.3) is 5.69 Å². The number of carboxylic acids is 1. The molecule has 2 aromatic rings. The normalized spacial score (nSPS) is 12.1. The summed E-state index contributed by atoms with van der Waals surface area (Å²) in [4.78, 5) is 25.2. The summed E-state index contributed by atoms with van der Waals surface area (Å²) in [6.45, 7) is 1.73. The Morgan fingerprint density at radius 1 is 1.45 bits per heavy atom. The van der Waals surface area contributed by atoms with Crippen LogP contribution in [0.25, 0.3) is 10.8 Å². The number of aliphatic carboxylic acids is 1. The second-order valence-electron chi connectivity index (χ2n) is 4.45. The van der Waals surface area contributed by atoms with Crippen LogP contribution >= 0.6 is 0 Å². The van der Waals surface area contributed by atoms with Crippen molar-refractivity contribution in [3.63, 3.8) is 0 Å². The van der Waals surface area contributed by atoms with Crippen molar-refractivity contribution in [1.29, 1.82) is 0 Å². The zero-order valence-electron chi connectivity index (χ0n) is 10.7. The third-order valence-electron chi connectivity index (χ3n) is 2.87. The molecule has 1 aromatic carbocycles. The van der Waals surface area contributed by atoms with Crippen LogP contribution in [0.3, 0.4) is 0 Å². The van der Waals surface area contributed by atoms with Gasteiger partial charge in [0.2, 0.25) is 0 Å². The summed E-state index contributed by atoms with van der Waals surface area (Å²) in [5.74, 6) is -0.908. The maximum Gasteiger partial charge on any atom is 0.305 e. The Morgan fingerprint density at radius 2 is 2.20 bits per heavy atom. The van der Waals surface area contributed by atoms with E-state index in [1.165, 1.54) is 18.5 Å². The highest BCUT2D eigenvalue weighted by atomic mass is 16.6. The molecule has 1 unspecified atom stereocenters. The number of carbonyl (C=O) groups is 1. The predicted molar refractivity (Wildman–Crippen MR) is 73.7 cm³/mol. The van der Waals surface area contributed by atoms with E-state index in [0.717, 1.165) is 0 Å².